The molecule has 0 fully saturated rings. The number of hydrogen-bond donors (Lipinski definition) is 3. The number of aromatic nitrogens is 3. The minimum Gasteiger partial charge on any atom is -0.360 e. The van der Waals surface area contributed by atoms with Crippen molar-refractivity contribution in [3.63, 3.8) is 0 Å². The number of nitrogens with zero attached hydrogens (tertiary/aromatic N) is 2. The Labute approximate surface area is 124 Å². The molecule has 0 amide bonds. The second-order valence-corrected chi connectivity index (χ2v) is 4.95. The molecule has 1 aromatic carbocycles. The summed E-state index contributed by atoms with van der Waals surface area (Å²) in [5, 5.41) is 14.0. The largest absolute Gasteiger partial charge is 0.360 e. The normalized spacial score (nSPS) is 10.8. The van der Waals surface area contributed by atoms with E-state index in [0.717, 1.165) is 11.1 Å². The highest BCUT2D eigenvalue weighted by Gasteiger charge is 2.15. The van der Waals surface area contributed by atoms with Crippen LogP contribution in [0.25, 0.3) is 11.0 Å². The molecule has 8 nitrogen and oxygen atoms in total. The molecule has 112 valence electrons. The smallest absolute Gasteiger partial charge is 0.323 e. The summed E-state index contributed by atoms with van der Waals surface area (Å²) < 4.78 is 0. The van der Waals surface area contributed by atoms with Gasteiger partial charge in [-0.3, -0.25) is 10.1 Å². The molecule has 0 saturated carbocycles. The standard InChI is InChI=1S/C14H13N5O3/c1-8-4-12(19(21)22)13(15-6-8)16-7-9-2-3-10-11(5-9)18-14(20)17-10/h2-6H,7H2,1H3,(H,15,16)(H2,17,18,20). The Kier molecular flexibility index (Phi) is 3.34. The fraction of sp³-hybridized carbons (Fsp3) is 0.143. The Balaban J connectivity index is 1.84. The van der Waals surface area contributed by atoms with Crippen LogP contribution in [0.4, 0.5) is 11.5 Å². The van der Waals surface area contributed by atoms with Crippen LogP contribution in [-0.4, -0.2) is 19.9 Å². The molecule has 3 N–H and O–H groups in total. The fourth-order valence-corrected chi connectivity index (χ4v) is 2.20. The van der Waals surface area contributed by atoms with Crippen LogP contribution >= 0.6 is 0 Å². The zero-order chi connectivity index (χ0) is 15.7. The summed E-state index contributed by atoms with van der Waals surface area (Å²) >= 11 is 0. The average Bonchev–Trinajstić information content (AvgIpc) is 2.85. The van der Waals surface area contributed by atoms with Crippen molar-refractivity contribution < 1.29 is 4.92 Å². The van der Waals surface area contributed by atoms with Crippen LogP contribution in [0.3, 0.4) is 0 Å². The van der Waals surface area contributed by atoms with Gasteiger partial charge in [0.15, 0.2) is 0 Å². The SMILES string of the molecule is Cc1cnc(NCc2ccc3[nH]c(=O)[nH]c3c2)c([N+](=O)[O-])c1. The Morgan fingerprint density at radius 3 is 2.82 bits per heavy atom. The van der Waals surface area contributed by atoms with Crippen LogP contribution in [0.15, 0.2) is 35.3 Å². The first-order chi connectivity index (χ1) is 10.5. The maximum atomic E-state index is 11.2. The lowest BCUT2D eigenvalue weighted by Crippen LogP contribution is -2.05. The number of anilines is 1. The predicted octanol–water partition coefficient (Wildman–Crippen LogP) is 2.08. The summed E-state index contributed by atoms with van der Waals surface area (Å²) in [5.74, 6) is 0.221. The number of nitrogens with one attached hydrogen (secondary N) is 3. The number of rotatable bonds is 4. The second kappa shape index (κ2) is 5.32. The van der Waals surface area contributed by atoms with Crippen molar-refractivity contribution in [3.8, 4) is 0 Å². The number of fused-ring (bicyclic) bond motifs is 1. The highest BCUT2D eigenvalue weighted by atomic mass is 16.6. The summed E-state index contributed by atoms with van der Waals surface area (Å²) in [5.41, 5.74) is 2.68. The fourth-order valence-electron chi connectivity index (χ4n) is 2.20. The summed E-state index contributed by atoms with van der Waals surface area (Å²) in [4.78, 5) is 31.2. The molecule has 0 atom stereocenters. The molecule has 0 aliphatic carbocycles. The highest BCUT2D eigenvalue weighted by molar-refractivity contribution is 5.75. The van der Waals surface area contributed by atoms with Crippen LogP contribution in [0.2, 0.25) is 0 Å². The quantitative estimate of drug-likeness (QED) is 0.503. The van der Waals surface area contributed by atoms with E-state index in [4.69, 9.17) is 0 Å². The third-order valence-electron chi connectivity index (χ3n) is 3.24. The lowest BCUT2D eigenvalue weighted by molar-refractivity contribution is -0.384. The van der Waals surface area contributed by atoms with Crippen molar-refractivity contribution in [1.82, 2.24) is 15.0 Å². The van der Waals surface area contributed by atoms with Crippen LogP contribution in [0, 0.1) is 17.0 Å². The first-order valence-electron chi connectivity index (χ1n) is 6.59. The molecule has 0 aliphatic rings. The Bertz CT molecular complexity index is 912. The van der Waals surface area contributed by atoms with Crippen molar-refractivity contribution >= 4 is 22.5 Å². The summed E-state index contributed by atoms with van der Waals surface area (Å²) in [7, 11) is 0. The van der Waals surface area contributed by atoms with Gasteiger partial charge >= 0.3 is 11.4 Å². The van der Waals surface area contributed by atoms with E-state index in [-0.39, 0.29) is 17.2 Å². The Hall–Kier alpha value is -3.16. The van der Waals surface area contributed by atoms with Crippen molar-refractivity contribution in [2.24, 2.45) is 0 Å². The van der Waals surface area contributed by atoms with Crippen LogP contribution < -0.4 is 11.0 Å². The molecule has 2 aromatic heterocycles. The molecule has 3 rings (SSSR count). The van der Waals surface area contributed by atoms with Gasteiger partial charge in [0, 0.05) is 18.8 Å². The summed E-state index contributed by atoms with van der Waals surface area (Å²) in [6.45, 7) is 2.11. The molecule has 0 radical (unpaired) electrons. The number of nitro groups is 1. The number of H-pyrrole nitrogens is 2. The van der Waals surface area contributed by atoms with E-state index < -0.39 is 4.92 Å². The molecule has 0 spiro atoms. The third-order valence-corrected chi connectivity index (χ3v) is 3.24. The minimum atomic E-state index is -0.463. The van der Waals surface area contributed by atoms with E-state index in [0.29, 0.717) is 17.6 Å². The van der Waals surface area contributed by atoms with Gasteiger partial charge in [-0.05, 0) is 30.2 Å². The highest BCUT2D eigenvalue weighted by Crippen LogP contribution is 2.23. The lowest BCUT2D eigenvalue weighted by atomic mass is 10.2. The molecular formula is C14H13N5O3. The van der Waals surface area contributed by atoms with Crippen LogP contribution in [0.5, 0.6) is 0 Å². The third kappa shape index (κ3) is 2.66. The van der Waals surface area contributed by atoms with E-state index >= 15 is 0 Å². The van der Waals surface area contributed by atoms with Gasteiger partial charge in [0.05, 0.1) is 16.0 Å². The zero-order valence-corrected chi connectivity index (χ0v) is 11.7. The van der Waals surface area contributed by atoms with Gasteiger partial charge in [-0.25, -0.2) is 9.78 Å². The molecule has 0 aliphatic heterocycles. The van der Waals surface area contributed by atoms with Gasteiger partial charge in [0.1, 0.15) is 0 Å². The molecule has 0 saturated heterocycles. The molecule has 8 heteroatoms. The van der Waals surface area contributed by atoms with Crippen molar-refractivity contribution in [3.05, 3.63) is 62.2 Å². The number of imidazole rings is 1. The van der Waals surface area contributed by atoms with E-state index in [2.05, 4.69) is 20.3 Å². The molecule has 3 aromatic rings. The number of aromatic amines is 2. The van der Waals surface area contributed by atoms with E-state index in [1.807, 2.05) is 6.07 Å². The first kappa shape index (κ1) is 13.8. The molecule has 22 heavy (non-hydrogen) atoms. The Morgan fingerprint density at radius 2 is 2.05 bits per heavy atom. The van der Waals surface area contributed by atoms with Crippen molar-refractivity contribution in [2.45, 2.75) is 13.5 Å². The van der Waals surface area contributed by atoms with E-state index in [1.54, 1.807) is 25.3 Å². The monoisotopic (exact) mass is 299 g/mol. The Morgan fingerprint density at radius 1 is 1.27 bits per heavy atom. The van der Waals surface area contributed by atoms with Crippen molar-refractivity contribution in [1.29, 1.82) is 0 Å². The molecule has 0 bridgehead atoms. The van der Waals surface area contributed by atoms with Gasteiger partial charge < -0.3 is 15.3 Å². The molecular weight excluding hydrogens is 286 g/mol. The van der Waals surface area contributed by atoms with Gasteiger partial charge in [0.2, 0.25) is 5.82 Å². The maximum Gasteiger partial charge on any atom is 0.323 e. The number of hydrogen-bond acceptors (Lipinski definition) is 5. The lowest BCUT2D eigenvalue weighted by Gasteiger charge is -2.07. The van der Waals surface area contributed by atoms with Crippen LogP contribution in [0.1, 0.15) is 11.1 Å². The minimum absolute atomic E-state index is 0.0591. The van der Waals surface area contributed by atoms with Crippen LogP contribution in [-0.2, 0) is 6.54 Å². The van der Waals surface area contributed by atoms with Crippen molar-refractivity contribution in [2.75, 3.05) is 5.32 Å². The molecule has 2 heterocycles. The predicted molar refractivity (Wildman–Crippen MR) is 81.9 cm³/mol. The second-order valence-electron chi connectivity index (χ2n) is 4.95. The number of pyridine rings is 1. The first-order valence-corrected chi connectivity index (χ1v) is 6.59. The maximum absolute atomic E-state index is 11.2. The summed E-state index contributed by atoms with van der Waals surface area (Å²) in [6.07, 6.45) is 1.57. The summed E-state index contributed by atoms with van der Waals surface area (Å²) in [6, 6.07) is 6.89. The molecule has 0 unspecified atom stereocenters. The topological polar surface area (TPSA) is 117 Å². The number of benzene rings is 1. The average molecular weight is 299 g/mol. The van der Waals surface area contributed by atoms with Gasteiger partial charge in [-0.15, -0.1) is 0 Å². The van der Waals surface area contributed by atoms with E-state index in [1.165, 1.54) is 6.07 Å². The van der Waals surface area contributed by atoms with Gasteiger partial charge in [-0.1, -0.05) is 6.07 Å². The number of aryl methyl sites for hydroxylation is 1. The zero-order valence-electron chi connectivity index (χ0n) is 11.7. The van der Waals surface area contributed by atoms with Gasteiger partial charge in [0.25, 0.3) is 0 Å². The van der Waals surface area contributed by atoms with E-state index in [9.17, 15) is 14.9 Å². The van der Waals surface area contributed by atoms with Gasteiger partial charge in [-0.2, -0.15) is 0 Å².